The zero-order valence-electron chi connectivity index (χ0n) is 18.1. The van der Waals surface area contributed by atoms with Gasteiger partial charge in [0.25, 0.3) is 5.91 Å². The molecule has 0 radical (unpaired) electrons. The van der Waals surface area contributed by atoms with Crippen molar-refractivity contribution in [1.82, 2.24) is 14.8 Å². The number of halogens is 1. The number of nitrogens with one attached hydrogen (secondary N) is 1. The minimum atomic E-state index is -0.443. The zero-order chi connectivity index (χ0) is 22.7. The first-order valence-corrected chi connectivity index (χ1v) is 10.3. The molecule has 6 nitrogen and oxygen atoms in total. The molecule has 32 heavy (non-hydrogen) atoms. The molecule has 1 aromatic heterocycles. The van der Waals surface area contributed by atoms with Crippen molar-refractivity contribution in [2.45, 2.75) is 20.8 Å². The van der Waals surface area contributed by atoms with Gasteiger partial charge >= 0.3 is 0 Å². The van der Waals surface area contributed by atoms with Gasteiger partial charge in [0, 0.05) is 11.3 Å². The second kappa shape index (κ2) is 9.01. The van der Waals surface area contributed by atoms with E-state index in [9.17, 15) is 9.18 Å². The lowest BCUT2D eigenvalue weighted by Crippen LogP contribution is -2.14. The van der Waals surface area contributed by atoms with Gasteiger partial charge in [0.15, 0.2) is 5.82 Å². The number of carbonyl (C=O) groups excluding carboxylic acids is 1. The van der Waals surface area contributed by atoms with Crippen LogP contribution >= 0.6 is 0 Å². The quantitative estimate of drug-likeness (QED) is 0.448. The van der Waals surface area contributed by atoms with E-state index >= 15 is 0 Å². The average Bonchev–Trinajstić information content (AvgIpc) is 3.21. The summed E-state index contributed by atoms with van der Waals surface area (Å²) in [5.74, 6) is 0.397. The Hall–Kier alpha value is -4.00. The van der Waals surface area contributed by atoms with E-state index in [0.29, 0.717) is 23.7 Å². The summed E-state index contributed by atoms with van der Waals surface area (Å²) in [6.45, 7) is 6.45. The number of anilines is 1. The normalized spacial score (nSPS) is 10.8. The van der Waals surface area contributed by atoms with E-state index in [1.54, 1.807) is 41.1 Å². The monoisotopic (exact) mass is 430 g/mol. The highest BCUT2D eigenvalue weighted by Crippen LogP contribution is 2.25. The van der Waals surface area contributed by atoms with Crippen molar-refractivity contribution in [3.63, 3.8) is 0 Å². The summed E-state index contributed by atoms with van der Waals surface area (Å²) in [4.78, 5) is 17.4. The van der Waals surface area contributed by atoms with Crippen LogP contribution in [0.4, 0.5) is 10.1 Å². The lowest BCUT2D eigenvalue weighted by Gasteiger charge is -2.10. The van der Waals surface area contributed by atoms with Crippen molar-refractivity contribution in [1.29, 1.82) is 0 Å². The first-order chi connectivity index (χ1) is 15.4. The predicted octanol–water partition coefficient (Wildman–Crippen LogP) is 5.34. The van der Waals surface area contributed by atoms with Gasteiger partial charge in [-0.2, -0.15) is 0 Å². The summed E-state index contributed by atoms with van der Waals surface area (Å²) in [6, 6.07) is 19.0. The second-order valence-corrected chi connectivity index (χ2v) is 7.38. The molecule has 0 unspecified atom stereocenters. The third kappa shape index (κ3) is 4.51. The summed E-state index contributed by atoms with van der Waals surface area (Å²) in [5.41, 5.74) is 4.14. The van der Waals surface area contributed by atoms with Gasteiger partial charge in [-0.05, 0) is 80.9 Å². The van der Waals surface area contributed by atoms with E-state index in [1.807, 2.05) is 39.0 Å². The molecular formula is C25H23FN4O2. The fourth-order valence-corrected chi connectivity index (χ4v) is 3.39. The van der Waals surface area contributed by atoms with Crippen molar-refractivity contribution in [3.05, 3.63) is 89.5 Å². The Kier molecular flexibility index (Phi) is 5.98. The molecule has 1 heterocycles. The molecule has 0 bridgehead atoms. The van der Waals surface area contributed by atoms with Crippen LogP contribution in [-0.4, -0.2) is 27.3 Å². The standard InChI is InChI=1S/C25H23FN4O2/c1-4-32-21-12-10-20(11-13-21)27-25(31)23-28-24(18-6-8-19(26)9-7-18)30(29-23)22-14-5-16(2)15-17(22)3/h5-15H,4H2,1-3H3,(H,27,31). The molecule has 0 fully saturated rings. The Morgan fingerprint density at radius 1 is 1.03 bits per heavy atom. The molecule has 0 saturated carbocycles. The Morgan fingerprint density at radius 2 is 1.75 bits per heavy atom. The van der Waals surface area contributed by atoms with Crippen LogP contribution in [0.5, 0.6) is 5.75 Å². The van der Waals surface area contributed by atoms with E-state index in [4.69, 9.17) is 4.74 Å². The Labute approximate surface area is 185 Å². The number of hydrogen-bond acceptors (Lipinski definition) is 4. The summed E-state index contributed by atoms with van der Waals surface area (Å²) in [6.07, 6.45) is 0. The molecule has 1 N–H and O–H groups in total. The second-order valence-electron chi connectivity index (χ2n) is 7.38. The average molecular weight is 430 g/mol. The molecule has 0 aliphatic rings. The molecule has 4 rings (SSSR count). The summed E-state index contributed by atoms with van der Waals surface area (Å²) in [5, 5.41) is 7.30. The fourth-order valence-electron chi connectivity index (χ4n) is 3.39. The SMILES string of the molecule is CCOc1ccc(NC(=O)c2nc(-c3ccc(F)cc3)n(-c3ccc(C)cc3C)n2)cc1. The fraction of sp³-hybridized carbons (Fsp3) is 0.160. The highest BCUT2D eigenvalue weighted by molar-refractivity contribution is 6.01. The van der Waals surface area contributed by atoms with Crippen molar-refractivity contribution in [3.8, 4) is 22.8 Å². The van der Waals surface area contributed by atoms with E-state index in [0.717, 1.165) is 22.6 Å². The lowest BCUT2D eigenvalue weighted by molar-refractivity contribution is 0.101. The van der Waals surface area contributed by atoms with Crippen molar-refractivity contribution >= 4 is 11.6 Å². The molecule has 0 saturated heterocycles. The number of nitrogens with zero attached hydrogens (tertiary/aromatic N) is 3. The maximum atomic E-state index is 13.5. The molecule has 0 aliphatic heterocycles. The van der Waals surface area contributed by atoms with Crippen LogP contribution in [0.2, 0.25) is 0 Å². The van der Waals surface area contributed by atoms with Gasteiger partial charge in [-0.1, -0.05) is 17.7 Å². The summed E-state index contributed by atoms with van der Waals surface area (Å²) >= 11 is 0. The van der Waals surface area contributed by atoms with Crippen molar-refractivity contribution in [2.75, 3.05) is 11.9 Å². The molecular weight excluding hydrogens is 407 g/mol. The van der Waals surface area contributed by atoms with E-state index in [1.165, 1.54) is 12.1 Å². The van der Waals surface area contributed by atoms with Crippen LogP contribution < -0.4 is 10.1 Å². The molecule has 162 valence electrons. The van der Waals surface area contributed by atoms with Crippen LogP contribution in [0.25, 0.3) is 17.1 Å². The maximum Gasteiger partial charge on any atom is 0.295 e. The third-order valence-electron chi connectivity index (χ3n) is 4.92. The van der Waals surface area contributed by atoms with Crippen LogP contribution in [-0.2, 0) is 0 Å². The first-order valence-electron chi connectivity index (χ1n) is 10.3. The summed E-state index contributed by atoms with van der Waals surface area (Å²) < 4.78 is 20.5. The van der Waals surface area contributed by atoms with Gasteiger partial charge in [-0.3, -0.25) is 4.79 Å². The zero-order valence-corrected chi connectivity index (χ0v) is 18.1. The van der Waals surface area contributed by atoms with Crippen LogP contribution in [0.3, 0.4) is 0 Å². The van der Waals surface area contributed by atoms with Gasteiger partial charge in [-0.15, -0.1) is 5.10 Å². The van der Waals surface area contributed by atoms with E-state index < -0.39 is 5.91 Å². The van der Waals surface area contributed by atoms with Crippen LogP contribution in [0.15, 0.2) is 66.7 Å². The topological polar surface area (TPSA) is 69.0 Å². The van der Waals surface area contributed by atoms with Gasteiger partial charge in [0.05, 0.1) is 12.3 Å². The predicted molar refractivity (Wildman–Crippen MR) is 122 cm³/mol. The van der Waals surface area contributed by atoms with Gasteiger partial charge in [0.1, 0.15) is 11.6 Å². The highest BCUT2D eigenvalue weighted by atomic mass is 19.1. The minimum Gasteiger partial charge on any atom is -0.494 e. The molecule has 0 spiro atoms. The Morgan fingerprint density at radius 3 is 2.41 bits per heavy atom. The maximum absolute atomic E-state index is 13.5. The van der Waals surface area contributed by atoms with E-state index in [-0.39, 0.29) is 11.6 Å². The number of benzene rings is 3. The number of carbonyl (C=O) groups is 1. The van der Waals surface area contributed by atoms with Crippen LogP contribution in [0.1, 0.15) is 28.7 Å². The lowest BCUT2D eigenvalue weighted by atomic mass is 10.1. The smallest absolute Gasteiger partial charge is 0.295 e. The van der Waals surface area contributed by atoms with Gasteiger partial charge in [-0.25, -0.2) is 14.1 Å². The number of aryl methyl sites for hydroxylation is 2. The number of ether oxygens (including phenoxy) is 1. The van der Waals surface area contributed by atoms with Crippen molar-refractivity contribution in [2.24, 2.45) is 0 Å². The third-order valence-corrected chi connectivity index (χ3v) is 4.92. The highest BCUT2D eigenvalue weighted by Gasteiger charge is 2.20. The molecule has 3 aromatic carbocycles. The molecule has 4 aromatic rings. The molecule has 0 aliphatic carbocycles. The summed E-state index contributed by atoms with van der Waals surface area (Å²) in [7, 11) is 0. The van der Waals surface area contributed by atoms with Gasteiger partial charge < -0.3 is 10.1 Å². The largest absolute Gasteiger partial charge is 0.494 e. The number of aromatic nitrogens is 3. The Bertz CT molecular complexity index is 1250. The Balaban J connectivity index is 1.71. The number of amides is 1. The molecule has 7 heteroatoms. The van der Waals surface area contributed by atoms with E-state index in [2.05, 4.69) is 15.4 Å². The van der Waals surface area contributed by atoms with Crippen LogP contribution in [0, 0.1) is 19.7 Å². The number of rotatable bonds is 6. The first kappa shape index (κ1) is 21.2. The van der Waals surface area contributed by atoms with Crippen molar-refractivity contribution < 1.29 is 13.9 Å². The molecule has 0 atom stereocenters. The van der Waals surface area contributed by atoms with Gasteiger partial charge in [0.2, 0.25) is 5.82 Å². The minimum absolute atomic E-state index is 0.0122. The molecule has 1 amide bonds. The number of hydrogen-bond donors (Lipinski definition) is 1.